The third-order valence-corrected chi connectivity index (χ3v) is 5.56. The highest BCUT2D eigenvalue weighted by atomic mass is 127. The Hall–Kier alpha value is -2.65. The van der Waals surface area contributed by atoms with Gasteiger partial charge in [0, 0.05) is 14.3 Å². The smallest absolute Gasteiger partial charge is 0.280 e. The molecule has 1 amide bonds. The standard InChI is InChI=1S/C21H16ClIN4O2/c1-12-18(20(28)26(24-12)16-8-6-15(23)7-9-16)11-19-13(2)25-27(21(19)29)17-5-3-4-14(22)10-17/h3-11,24H,1-2H3/b19-11-. The topological polar surface area (TPSA) is 70.5 Å². The molecule has 0 radical (unpaired) electrons. The molecule has 0 aliphatic carbocycles. The highest BCUT2D eigenvalue weighted by Gasteiger charge is 2.29. The maximum Gasteiger partial charge on any atom is 0.280 e. The van der Waals surface area contributed by atoms with E-state index in [2.05, 4.69) is 32.8 Å². The Kier molecular flexibility index (Phi) is 5.18. The molecule has 0 bridgehead atoms. The van der Waals surface area contributed by atoms with Gasteiger partial charge in [-0.1, -0.05) is 17.7 Å². The number of hydrazone groups is 1. The van der Waals surface area contributed by atoms with E-state index in [0.29, 0.717) is 33.3 Å². The van der Waals surface area contributed by atoms with Crippen LogP contribution in [0.4, 0.5) is 5.69 Å². The summed E-state index contributed by atoms with van der Waals surface area (Å²) < 4.78 is 2.55. The second-order valence-electron chi connectivity index (χ2n) is 6.61. The molecule has 0 unspecified atom stereocenters. The summed E-state index contributed by atoms with van der Waals surface area (Å²) in [7, 11) is 0. The number of hydrogen-bond acceptors (Lipinski definition) is 3. The minimum absolute atomic E-state index is 0.224. The lowest BCUT2D eigenvalue weighted by Crippen LogP contribution is -2.22. The third-order valence-electron chi connectivity index (χ3n) is 4.61. The van der Waals surface area contributed by atoms with Crippen LogP contribution in [0.3, 0.4) is 0 Å². The molecule has 2 heterocycles. The van der Waals surface area contributed by atoms with Gasteiger partial charge in [-0.15, -0.1) is 0 Å². The summed E-state index contributed by atoms with van der Waals surface area (Å²) in [5.74, 6) is -0.300. The minimum atomic E-state index is -0.300. The van der Waals surface area contributed by atoms with E-state index in [0.717, 1.165) is 9.26 Å². The van der Waals surface area contributed by atoms with Gasteiger partial charge in [-0.25, -0.2) is 4.68 Å². The van der Waals surface area contributed by atoms with E-state index in [1.54, 1.807) is 44.2 Å². The van der Waals surface area contributed by atoms with Gasteiger partial charge in [0.05, 0.1) is 28.2 Å². The van der Waals surface area contributed by atoms with Crippen molar-refractivity contribution in [3.63, 3.8) is 0 Å². The molecular weight excluding hydrogens is 503 g/mol. The molecule has 3 aromatic rings. The highest BCUT2D eigenvalue weighted by molar-refractivity contribution is 14.1. The van der Waals surface area contributed by atoms with E-state index in [9.17, 15) is 9.59 Å². The number of H-pyrrole nitrogens is 1. The normalized spacial score (nSPS) is 15.3. The molecule has 146 valence electrons. The number of anilines is 1. The fourth-order valence-electron chi connectivity index (χ4n) is 3.11. The molecular formula is C21H16ClIN4O2. The second-order valence-corrected chi connectivity index (χ2v) is 8.29. The van der Waals surface area contributed by atoms with Crippen molar-refractivity contribution in [1.29, 1.82) is 0 Å². The van der Waals surface area contributed by atoms with Crippen molar-refractivity contribution in [3.05, 3.63) is 84.3 Å². The molecule has 1 aromatic heterocycles. The predicted molar refractivity (Wildman–Crippen MR) is 124 cm³/mol. The SMILES string of the molecule is CC1=NN(c2cccc(Cl)c2)C(=O)/C1=C\c1c(C)[nH]n(-c2ccc(I)cc2)c1=O. The number of aromatic nitrogens is 2. The van der Waals surface area contributed by atoms with Crippen molar-refractivity contribution in [2.24, 2.45) is 5.10 Å². The molecule has 0 atom stereocenters. The van der Waals surface area contributed by atoms with E-state index in [1.807, 2.05) is 24.3 Å². The first-order chi connectivity index (χ1) is 13.8. The first-order valence-electron chi connectivity index (χ1n) is 8.80. The van der Waals surface area contributed by atoms with Crippen molar-refractivity contribution >= 4 is 57.6 Å². The van der Waals surface area contributed by atoms with Crippen molar-refractivity contribution in [2.45, 2.75) is 13.8 Å². The molecule has 0 fully saturated rings. The van der Waals surface area contributed by atoms with Gasteiger partial charge < -0.3 is 0 Å². The maximum absolute atomic E-state index is 13.0. The van der Waals surface area contributed by atoms with Gasteiger partial charge in [0.1, 0.15) is 0 Å². The van der Waals surface area contributed by atoms with Gasteiger partial charge in [0.25, 0.3) is 11.5 Å². The molecule has 1 aliphatic rings. The number of carbonyl (C=O) groups is 1. The third kappa shape index (κ3) is 3.67. The van der Waals surface area contributed by atoms with Crippen LogP contribution in [0.15, 0.2) is 64.0 Å². The van der Waals surface area contributed by atoms with Gasteiger partial charge >= 0.3 is 0 Å². The Morgan fingerprint density at radius 1 is 1.07 bits per heavy atom. The van der Waals surface area contributed by atoms with E-state index in [4.69, 9.17) is 11.6 Å². The van der Waals surface area contributed by atoms with Crippen LogP contribution < -0.4 is 10.6 Å². The second kappa shape index (κ2) is 7.64. The number of hydrogen-bond donors (Lipinski definition) is 1. The Morgan fingerprint density at radius 2 is 1.79 bits per heavy atom. The van der Waals surface area contributed by atoms with Gasteiger partial charge in [0.2, 0.25) is 0 Å². The highest BCUT2D eigenvalue weighted by Crippen LogP contribution is 2.27. The number of amides is 1. The Balaban J connectivity index is 1.73. The van der Waals surface area contributed by atoms with Crippen LogP contribution in [0.25, 0.3) is 11.8 Å². The zero-order valence-corrected chi connectivity index (χ0v) is 18.5. The summed E-state index contributed by atoms with van der Waals surface area (Å²) in [5.41, 5.74) is 3.09. The van der Waals surface area contributed by atoms with Crippen molar-refractivity contribution in [2.75, 3.05) is 5.01 Å². The van der Waals surface area contributed by atoms with E-state index in [1.165, 1.54) is 9.69 Å². The summed E-state index contributed by atoms with van der Waals surface area (Å²) in [6, 6.07) is 14.5. The molecule has 0 saturated heterocycles. The predicted octanol–water partition coefficient (Wildman–Crippen LogP) is 4.54. The van der Waals surface area contributed by atoms with Gasteiger partial charge in [-0.2, -0.15) is 10.1 Å². The number of aryl methyl sites for hydroxylation is 1. The number of carbonyl (C=O) groups excluding carboxylic acids is 1. The first-order valence-corrected chi connectivity index (χ1v) is 10.3. The van der Waals surface area contributed by atoms with Gasteiger partial charge in [-0.05, 0) is 85.0 Å². The average molecular weight is 519 g/mol. The maximum atomic E-state index is 13.0. The molecule has 1 aliphatic heterocycles. The number of nitrogens with one attached hydrogen (secondary N) is 1. The molecule has 1 N–H and O–H groups in total. The number of nitrogens with zero attached hydrogens (tertiary/aromatic N) is 3. The fraction of sp³-hybridized carbons (Fsp3) is 0.0952. The van der Waals surface area contributed by atoms with Gasteiger partial charge in [0.15, 0.2) is 0 Å². The lowest BCUT2D eigenvalue weighted by atomic mass is 10.1. The first kappa shape index (κ1) is 19.7. The summed E-state index contributed by atoms with van der Waals surface area (Å²) in [4.78, 5) is 25.9. The van der Waals surface area contributed by atoms with Crippen LogP contribution in [-0.2, 0) is 4.79 Å². The number of benzene rings is 2. The average Bonchev–Trinajstić information content (AvgIpc) is 3.13. The quantitative estimate of drug-likeness (QED) is 0.409. The minimum Gasteiger partial charge on any atom is -0.295 e. The van der Waals surface area contributed by atoms with Crippen LogP contribution >= 0.6 is 34.2 Å². The molecule has 6 nitrogen and oxygen atoms in total. The van der Waals surface area contributed by atoms with Crippen LogP contribution in [0.2, 0.25) is 5.02 Å². The van der Waals surface area contributed by atoms with E-state index >= 15 is 0 Å². The Morgan fingerprint density at radius 3 is 2.48 bits per heavy atom. The summed E-state index contributed by atoms with van der Waals surface area (Å²) >= 11 is 8.25. The largest absolute Gasteiger partial charge is 0.295 e. The fourth-order valence-corrected chi connectivity index (χ4v) is 3.66. The van der Waals surface area contributed by atoms with Crippen molar-refractivity contribution in [3.8, 4) is 5.69 Å². The van der Waals surface area contributed by atoms with Crippen LogP contribution in [-0.4, -0.2) is 21.4 Å². The van der Waals surface area contributed by atoms with Crippen molar-refractivity contribution < 1.29 is 4.79 Å². The molecule has 8 heteroatoms. The summed E-state index contributed by atoms with van der Waals surface area (Å²) in [6.07, 6.45) is 1.60. The Bertz CT molecular complexity index is 1240. The van der Waals surface area contributed by atoms with Gasteiger partial charge in [-0.3, -0.25) is 14.7 Å². The molecule has 2 aromatic carbocycles. The molecule has 0 saturated carbocycles. The monoisotopic (exact) mass is 518 g/mol. The number of rotatable bonds is 3. The lowest BCUT2D eigenvalue weighted by Gasteiger charge is -2.11. The van der Waals surface area contributed by atoms with E-state index < -0.39 is 0 Å². The summed E-state index contributed by atoms with van der Waals surface area (Å²) in [6.45, 7) is 3.55. The van der Waals surface area contributed by atoms with Crippen LogP contribution in [0, 0.1) is 10.5 Å². The number of halogens is 2. The number of aromatic amines is 1. The summed E-state index contributed by atoms with van der Waals surface area (Å²) in [5, 5.41) is 9.24. The van der Waals surface area contributed by atoms with E-state index in [-0.39, 0.29) is 11.5 Å². The van der Waals surface area contributed by atoms with Crippen molar-refractivity contribution in [1.82, 2.24) is 9.78 Å². The molecule has 4 rings (SSSR count). The lowest BCUT2D eigenvalue weighted by molar-refractivity contribution is -0.114. The van der Waals surface area contributed by atoms with Crippen LogP contribution in [0.5, 0.6) is 0 Å². The van der Waals surface area contributed by atoms with Crippen LogP contribution in [0.1, 0.15) is 18.2 Å². The zero-order chi connectivity index (χ0) is 20.7. The Labute approximate surface area is 185 Å². The molecule has 0 spiro atoms. The zero-order valence-electron chi connectivity index (χ0n) is 15.6. The molecule has 29 heavy (non-hydrogen) atoms.